The first kappa shape index (κ1) is 40.3. The summed E-state index contributed by atoms with van der Waals surface area (Å²) in [6.07, 6.45) is 1.97. The molecule has 0 spiro atoms. The number of methoxy groups -OCH3 is 1. The number of aldehydes is 1. The number of hydrogen-bond acceptors (Lipinski definition) is 10. The van der Waals surface area contributed by atoms with Crippen LogP contribution in [0.5, 0.6) is 0 Å². The van der Waals surface area contributed by atoms with Gasteiger partial charge in [0, 0.05) is 18.1 Å². The molecule has 5 aliphatic rings. The minimum absolute atomic E-state index is 0.0633. The van der Waals surface area contributed by atoms with Gasteiger partial charge in [0.25, 0.3) is 0 Å². The Morgan fingerprint density at radius 2 is 1.80 bits per heavy atom. The molecule has 0 aromatic carbocycles. The van der Waals surface area contributed by atoms with Gasteiger partial charge in [0.15, 0.2) is 18.5 Å². The van der Waals surface area contributed by atoms with Gasteiger partial charge >= 0.3 is 18.1 Å². The van der Waals surface area contributed by atoms with Crippen molar-refractivity contribution in [2.75, 3.05) is 20.3 Å². The van der Waals surface area contributed by atoms with Gasteiger partial charge in [0.05, 0.1) is 18.1 Å². The number of esters is 1. The van der Waals surface area contributed by atoms with E-state index in [0.29, 0.717) is 30.8 Å². The highest BCUT2D eigenvalue weighted by Gasteiger charge is 2.84. The summed E-state index contributed by atoms with van der Waals surface area (Å²) in [5.74, 6) is -1.72. The maximum Gasteiger partial charge on any atom is 0.509 e. The minimum atomic E-state index is -1.93. The highest BCUT2D eigenvalue weighted by molar-refractivity contribution is 6.67. The third-order valence-corrected chi connectivity index (χ3v) is 12.8. The molecule has 1 N–H and O–H groups in total. The number of rotatable bonds is 13. The third-order valence-electron chi connectivity index (χ3n) is 12.5. The molecule has 0 radical (unpaired) electrons. The van der Waals surface area contributed by atoms with Gasteiger partial charge in [0.2, 0.25) is 3.79 Å². The van der Waals surface area contributed by atoms with Crippen molar-refractivity contribution in [3.05, 3.63) is 23.3 Å². The van der Waals surface area contributed by atoms with Crippen LogP contribution in [0.15, 0.2) is 23.3 Å². The van der Waals surface area contributed by atoms with Crippen LogP contribution in [0.4, 0.5) is 4.79 Å². The van der Waals surface area contributed by atoms with Crippen LogP contribution in [0.1, 0.15) is 80.1 Å². The van der Waals surface area contributed by atoms with Gasteiger partial charge in [-0.25, -0.2) is 9.59 Å². The predicted octanol–water partition coefficient (Wildman–Crippen LogP) is 7.24. The van der Waals surface area contributed by atoms with Gasteiger partial charge in [-0.1, -0.05) is 93.1 Å². The van der Waals surface area contributed by atoms with E-state index in [-0.39, 0.29) is 30.3 Å². The number of hydrogen-bond donors (Lipinski definition) is 1. The molecule has 14 heteroatoms. The van der Waals surface area contributed by atoms with Crippen LogP contribution >= 0.6 is 34.8 Å². The predicted molar refractivity (Wildman–Crippen MR) is 188 cm³/mol. The van der Waals surface area contributed by atoms with Crippen molar-refractivity contribution in [3.8, 4) is 0 Å². The number of carboxylic acid groups (broad SMARTS) is 1. The summed E-state index contributed by atoms with van der Waals surface area (Å²) in [6, 6.07) is 0. The van der Waals surface area contributed by atoms with E-state index in [1.807, 2.05) is 20.8 Å². The smallest absolute Gasteiger partial charge is 0.481 e. The van der Waals surface area contributed by atoms with Gasteiger partial charge in [-0.2, -0.15) is 0 Å². The summed E-state index contributed by atoms with van der Waals surface area (Å²) in [4.78, 5) is 53.8. The molecule has 0 aromatic heterocycles. The van der Waals surface area contributed by atoms with Gasteiger partial charge < -0.3 is 38.3 Å². The maximum absolute atomic E-state index is 13.9. The van der Waals surface area contributed by atoms with Crippen molar-refractivity contribution >= 4 is 59.2 Å². The summed E-state index contributed by atoms with van der Waals surface area (Å²) in [5.41, 5.74) is -2.51. The Bertz CT molecular complexity index is 1430. The van der Waals surface area contributed by atoms with Crippen LogP contribution in [0.2, 0.25) is 0 Å². The van der Waals surface area contributed by atoms with Crippen molar-refractivity contribution in [2.24, 2.45) is 45.8 Å². The second-order valence-corrected chi connectivity index (χ2v) is 18.0. The molecular formula is C37H51Cl3O11. The SMILES string of the molecule is CCC/C=C(\C)C(=O)O[C@H]1[C@H](OC(=O)OCC(Cl)(Cl)Cl)[C@H](OCC23CC4C(C)CCC4C4(C=O)CC2C=C(C(C)C)C43C(=O)O)O[C@H](C)[C@H]1OC. The lowest BCUT2D eigenvalue weighted by molar-refractivity contribution is -0.309. The van der Waals surface area contributed by atoms with Gasteiger partial charge in [-0.3, -0.25) is 4.79 Å². The fraction of sp³-hybridized carbons (Fsp3) is 0.784. The molecule has 7 unspecified atom stereocenters. The Labute approximate surface area is 315 Å². The van der Waals surface area contributed by atoms with Crippen LogP contribution in [-0.4, -0.2) is 84.3 Å². The van der Waals surface area contributed by atoms with E-state index >= 15 is 0 Å². The Hall–Kier alpha value is -1.89. The van der Waals surface area contributed by atoms with E-state index < -0.39 is 75.4 Å². The van der Waals surface area contributed by atoms with Crippen LogP contribution in [0, 0.1) is 45.8 Å². The normalized spacial score (nSPS) is 40.1. The average molecular weight is 778 g/mol. The number of aliphatic carboxylic acids is 1. The molecule has 12 atom stereocenters. The van der Waals surface area contributed by atoms with Crippen molar-refractivity contribution < 1.29 is 52.7 Å². The number of carboxylic acids is 1. The fourth-order valence-electron chi connectivity index (χ4n) is 10.5. The van der Waals surface area contributed by atoms with Crippen molar-refractivity contribution in [1.29, 1.82) is 0 Å². The molecule has 1 aliphatic heterocycles. The van der Waals surface area contributed by atoms with Gasteiger partial charge in [-0.15, -0.1) is 0 Å². The third kappa shape index (κ3) is 6.64. The zero-order valence-corrected chi connectivity index (χ0v) is 32.6. The van der Waals surface area contributed by atoms with Crippen molar-refractivity contribution in [2.45, 2.75) is 115 Å². The fourth-order valence-corrected chi connectivity index (χ4v) is 10.7. The van der Waals surface area contributed by atoms with Crippen LogP contribution in [-0.2, 0) is 42.8 Å². The molecule has 4 fully saturated rings. The van der Waals surface area contributed by atoms with Crippen LogP contribution in [0.25, 0.3) is 0 Å². The molecular weight excluding hydrogens is 727 g/mol. The summed E-state index contributed by atoms with van der Waals surface area (Å²) >= 11 is 17.4. The molecule has 286 valence electrons. The van der Waals surface area contributed by atoms with E-state index in [0.717, 1.165) is 31.1 Å². The maximum atomic E-state index is 13.9. The first-order valence-electron chi connectivity index (χ1n) is 17.9. The number of fused-ring (bicyclic) bond motifs is 2. The Morgan fingerprint density at radius 3 is 2.39 bits per heavy atom. The quantitative estimate of drug-likeness (QED) is 0.0665. The van der Waals surface area contributed by atoms with Crippen LogP contribution in [0.3, 0.4) is 0 Å². The molecule has 1 saturated heterocycles. The zero-order valence-electron chi connectivity index (χ0n) is 30.3. The molecule has 51 heavy (non-hydrogen) atoms. The van der Waals surface area contributed by atoms with E-state index in [9.17, 15) is 24.3 Å². The highest BCUT2D eigenvalue weighted by Crippen LogP contribution is 2.82. The average Bonchev–Trinajstić information content (AvgIpc) is 3.64. The number of allylic oxidation sites excluding steroid dienone is 2. The van der Waals surface area contributed by atoms with Crippen molar-refractivity contribution in [3.63, 3.8) is 0 Å². The lowest BCUT2D eigenvalue weighted by Gasteiger charge is -2.58. The monoisotopic (exact) mass is 776 g/mol. The van der Waals surface area contributed by atoms with Crippen LogP contribution < -0.4 is 0 Å². The van der Waals surface area contributed by atoms with Gasteiger partial charge in [0.1, 0.15) is 24.4 Å². The minimum Gasteiger partial charge on any atom is -0.481 e. The highest BCUT2D eigenvalue weighted by atomic mass is 35.6. The zero-order chi connectivity index (χ0) is 37.7. The number of carbonyl (C=O) groups is 4. The second-order valence-electron chi connectivity index (χ2n) is 15.5. The standard InChI is InChI=1S/C37H51Cl3O11/c1-8-9-10-21(5)30(42)50-28-27(46-7)22(6)49-31(29(28)51-33(45)48-18-36(38,39)40)47-17-35-15-24-20(4)11-12-25(24)34(16-41)14-23(35)13-26(19(2)3)37(34,35)32(43)44/h10,13,16,19-20,22-25,27-29,31H,8-9,11-12,14-15,17-18H2,1-7H3,(H,43,44)/b21-10+/t20?,22-,23?,24?,25?,27-,28-,29+,31-,34?,35?,37?/m1/s1. The van der Waals surface area contributed by atoms with E-state index in [1.165, 1.54) is 7.11 Å². The lowest BCUT2D eigenvalue weighted by atomic mass is 9.43. The number of alkyl halides is 3. The Morgan fingerprint density at radius 1 is 1.10 bits per heavy atom. The molecule has 11 nitrogen and oxygen atoms in total. The number of halogens is 3. The molecule has 5 rings (SSSR count). The molecule has 0 aromatic rings. The Balaban J connectivity index is 1.54. The summed E-state index contributed by atoms with van der Waals surface area (Å²) in [6.45, 7) is 10.7. The van der Waals surface area contributed by atoms with Gasteiger partial charge in [-0.05, 0) is 69.1 Å². The summed E-state index contributed by atoms with van der Waals surface area (Å²) < 4.78 is 33.6. The summed E-state index contributed by atoms with van der Waals surface area (Å²) in [5, 5.41) is 11.4. The van der Waals surface area contributed by atoms with E-state index in [2.05, 4.69) is 13.0 Å². The van der Waals surface area contributed by atoms with E-state index in [4.69, 9.17) is 63.2 Å². The van der Waals surface area contributed by atoms with E-state index in [1.54, 1.807) is 19.9 Å². The number of carbonyl (C=O) groups excluding carboxylic acids is 3. The largest absolute Gasteiger partial charge is 0.509 e. The second kappa shape index (κ2) is 15.1. The molecule has 4 aliphatic carbocycles. The number of unbranched alkanes of at least 4 members (excludes halogenated alkanes) is 1. The molecule has 1 heterocycles. The molecule has 0 amide bonds. The first-order valence-corrected chi connectivity index (χ1v) is 19.1. The van der Waals surface area contributed by atoms with Crippen molar-refractivity contribution in [1.82, 2.24) is 0 Å². The molecule has 4 bridgehead atoms. The Kier molecular flexibility index (Phi) is 11.9. The number of ether oxygens (including phenoxy) is 6. The lowest BCUT2D eigenvalue weighted by Crippen LogP contribution is -2.65. The molecule has 3 saturated carbocycles. The first-order chi connectivity index (χ1) is 23.9. The summed E-state index contributed by atoms with van der Waals surface area (Å²) in [7, 11) is 1.41. The topological polar surface area (TPSA) is 144 Å².